The number of rotatable bonds is 4. The summed E-state index contributed by atoms with van der Waals surface area (Å²) in [7, 11) is 1.92. The summed E-state index contributed by atoms with van der Waals surface area (Å²) in [6.45, 7) is 2.90. The Kier molecular flexibility index (Phi) is 4.17. The molecular formula is C15H22BrN3O. The number of likely N-dealkylation sites (tertiary alicyclic amines) is 1. The van der Waals surface area contributed by atoms with Crippen LogP contribution in [0.4, 0.5) is 0 Å². The molecule has 1 aliphatic heterocycles. The highest BCUT2D eigenvalue weighted by atomic mass is 79.9. The second kappa shape index (κ2) is 5.90. The van der Waals surface area contributed by atoms with E-state index in [1.807, 2.05) is 28.8 Å². The van der Waals surface area contributed by atoms with Gasteiger partial charge in [0.1, 0.15) is 5.69 Å². The van der Waals surface area contributed by atoms with Crippen molar-refractivity contribution in [2.75, 3.05) is 19.6 Å². The summed E-state index contributed by atoms with van der Waals surface area (Å²) < 4.78 is 2.86. The van der Waals surface area contributed by atoms with Gasteiger partial charge in [0.15, 0.2) is 0 Å². The number of hydrogen-bond acceptors (Lipinski definition) is 2. The first-order chi connectivity index (χ1) is 9.63. The molecule has 2 fully saturated rings. The number of amides is 1. The summed E-state index contributed by atoms with van der Waals surface area (Å²) in [5.41, 5.74) is 0.765. The molecule has 2 heterocycles. The van der Waals surface area contributed by atoms with Gasteiger partial charge in [0.25, 0.3) is 5.91 Å². The van der Waals surface area contributed by atoms with Crippen molar-refractivity contribution in [3.05, 3.63) is 22.4 Å². The molecule has 1 aromatic rings. The molecule has 0 radical (unpaired) electrons. The zero-order chi connectivity index (χ0) is 14.1. The Balaban J connectivity index is 1.51. The van der Waals surface area contributed by atoms with Crippen molar-refractivity contribution in [2.24, 2.45) is 13.0 Å². The Labute approximate surface area is 128 Å². The third-order valence-corrected chi connectivity index (χ3v) is 4.80. The lowest BCUT2D eigenvalue weighted by atomic mass is 10.0. The fraction of sp³-hybridized carbons (Fsp3) is 0.667. The highest BCUT2D eigenvalue weighted by molar-refractivity contribution is 9.10. The molecule has 1 amide bonds. The third kappa shape index (κ3) is 3.26. The summed E-state index contributed by atoms with van der Waals surface area (Å²) in [4.78, 5) is 14.5. The fourth-order valence-electron chi connectivity index (χ4n) is 2.84. The largest absolute Gasteiger partial charge is 0.345 e. The van der Waals surface area contributed by atoms with Crippen molar-refractivity contribution >= 4 is 21.8 Å². The van der Waals surface area contributed by atoms with Gasteiger partial charge in [0, 0.05) is 36.8 Å². The quantitative estimate of drug-likeness (QED) is 0.914. The summed E-state index contributed by atoms with van der Waals surface area (Å²) >= 11 is 3.42. The van der Waals surface area contributed by atoms with Gasteiger partial charge in [-0.05, 0) is 60.1 Å². The standard InChI is InChI=1S/C15H22BrN3O/c1-18-10-12(16)8-14(18)15(20)19-6-4-13(5-7-19)17-9-11-2-3-11/h8,10-11,13,17H,2-7,9H2,1H3. The van der Waals surface area contributed by atoms with Crippen LogP contribution in [0.15, 0.2) is 16.7 Å². The Morgan fingerprint density at radius 1 is 1.35 bits per heavy atom. The number of piperidine rings is 1. The van der Waals surface area contributed by atoms with Crippen LogP contribution in [0, 0.1) is 5.92 Å². The SMILES string of the molecule is Cn1cc(Br)cc1C(=O)N1CCC(NCC2CC2)CC1. The molecule has 1 saturated heterocycles. The smallest absolute Gasteiger partial charge is 0.270 e. The molecule has 1 aliphatic carbocycles. The lowest BCUT2D eigenvalue weighted by molar-refractivity contribution is 0.0695. The number of carbonyl (C=O) groups is 1. The third-order valence-electron chi connectivity index (χ3n) is 4.36. The van der Waals surface area contributed by atoms with Crippen molar-refractivity contribution in [3.8, 4) is 0 Å². The lowest BCUT2D eigenvalue weighted by Crippen LogP contribution is -2.45. The molecule has 1 N–H and O–H groups in total. The highest BCUT2D eigenvalue weighted by Gasteiger charge is 2.27. The fourth-order valence-corrected chi connectivity index (χ4v) is 3.36. The molecule has 20 heavy (non-hydrogen) atoms. The number of hydrogen-bond donors (Lipinski definition) is 1. The van der Waals surface area contributed by atoms with Crippen LogP contribution in [-0.2, 0) is 7.05 Å². The van der Waals surface area contributed by atoms with Gasteiger partial charge in [-0.15, -0.1) is 0 Å². The second-order valence-electron chi connectivity index (χ2n) is 6.07. The van der Waals surface area contributed by atoms with E-state index < -0.39 is 0 Å². The lowest BCUT2D eigenvalue weighted by Gasteiger charge is -2.32. The summed E-state index contributed by atoms with van der Waals surface area (Å²) in [6, 6.07) is 2.50. The van der Waals surface area contributed by atoms with Crippen LogP contribution in [0.3, 0.4) is 0 Å². The van der Waals surface area contributed by atoms with Crippen molar-refractivity contribution in [3.63, 3.8) is 0 Å². The van der Waals surface area contributed by atoms with E-state index in [2.05, 4.69) is 21.2 Å². The van der Waals surface area contributed by atoms with Gasteiger partial charge in [0.05, 0.1) is 0 Å². The Morgan fingerprint density at radius 3 is 2.60 bits per heavy atom. The van der Waals surface area contributed by atoms with E-state index in [1.165, 1.54) is 19.4 Å². The molecule has 0 bridgehead atoms. The molecule has 2 aliphatic rings. The van der Waals surface area contributed by atoms with E-state index in [0.29, 0.717) is 6.04 Å². The number of carbonyl (C=O) groups excluding carboxylic acids is 1. The zero-order valence-corrected chi connectivity index (χ0v) is 13.5. The van der Waals surface area contributed by atoms with E-state index in [-0.39, 0.29) is 5.91 Å². The van der Waals surface area contributed by atoms with E-state index in [4.69, 9.17) is 0 Å². The topological polar surface area (TPSA) is 37.3 Å². The number of aryl methyl sites for hydroxylation is 1. The number of halogens is 1. The van der Waals surface area contributed by atoms with Gasteiger partial charge >= 0.3 is 0 Å². The molecule has 3 rings (SSSR count). The van der Waals surface area contributed by atoms with Gasteiger partial charge < -0.3 is 14.8 Å². The van der Waals surface area contributed by atoms with Crippen LogP contribution in [0.2, 0.25) is 0 Å². The first-order valence-electron chi connectivity index (χ1n) is 7.48. The maximum atomic E-state index is 12.5. The average molecular weight is 340 g/mol. The van der Waals surface area contributed by atoms with Crippen molar-refractivity contribution in [1.82, 2.24) is 14.8 Å². The Morgan fingerprint density at radius 2 is 2.05 bits per heavy atom. The van der Waals surface area contributed by atoms with Gasteiger partial charge in [0.2, 0.25) is 0 Å². The van der Waals surface area contributed by atoms with Crippen LogP contribution in [0.5, 0.6) is 0 Å². The molecular weight excluding hydrogens is 318 g/mol. The Bertz CT molecular complexity index is 487. The molecule has 4 nitrogen and oxygen atoms in total. The van der Waals surface area contributed by atoms with Crippen molar-refractivity contribution < 1.29 is 4.79 Å². The maximum Gasteiger partial charge on any atom is 0.270 e. The minimum atomic E-state index is 0.152. The molecule has 1 aromatic heterocycles. The average Bonchev–Trinajstić information content (AvgIpc) is 3.21. The molecule has 0 spiro atoms. The summed E-state index contributed by atoms with van der Waals surface area (Å²) in [5.74, 6) is 1.08. The molecule has 1 saturated carbocycles. The van der Waals surface area contributed by atoms with Gasteiger partial charge in [-0.1, -0.05) is 0 Å². The zero-order valence-electron chi connectivity index (χ0n) is 11.9. The van der Waals surface area contributed by atoms with E-state index >= 15 is 0 Å². The predicted octanol–water partition coefficient (Wildman–Crippen LogP) is 2.39. The monoisotopic (exact) mass is 339 g/mol. The number of nitrogens with zero attached hydrogens (tertiary/aromatic N) is 2. The van der Waals surface area contributed by atoms with Crippen LogP contribution < -0.4 is 5.32 Å². The van der Waals surface area contributed by atoms with Crippen LogP contribution in [-0.4, -0.2) is 41.1 Å². The van der Waals surface area contributed by atoms with Crippen LogP contribution >= 0.6 is 15.9 Å². The van der Waals surface area contributed by atoms with E-state index in [1.54, 1.807) is 0 Å². The van der Waals surface area contributed by atoms with Gasteiger partial charge in [-0.25, -0.2) is 0 Å². The van der Waals surface area contributed by atoms with Gasteiger partial charge in [-0.3, -0.25) is 4.79 Å². The minimum Gasteiger partial charge on any atom is -0.345 e. The van der Waals surface area contributed by atoms with Gasteiger partial charge in [-0.2, -0.15) is 0 Å². The second-order valence-corrected chi connectivity index (χ2v) is 6.99. The highest BCUT2D eigenvalue weighted by Crippen LogP contribution is 2.28. The normalized spacial score (nSPS) is 20.4. The molecule has 5 heteroatoms. The van der Waals surface area contributed by atoms with Crippen molar-refractivity contribution in [1.29, 1.82) is 0 Å². The maximum absolute atomic E-state index is 12.5. The molecule has 0 unspecified atom stereocenters. The summed E-state index contributed by atoms with van der Waals surface area (Å²) in [5, 5.41) is 3.65. The first-order valence-corrected chi connectivity index (χ1v) is 8.27. The first kappa shape index (κ1) is 14.1. The summed E-state index contributed by atoms with van der Waals surface area (Å²) in [6.07, 6.45) is 6.87. The van der Waals surface area contributed by atoms with E-state index in [0.717, 1.165) is 42.0 Å². The molecule has 0 atom stereocenters. The minimum absolute atomic E-state index is 0.152. The molecule has 0 aromatic carbocycles. The van der Waals surface area contributed by atoms with Crippen LogP contribution in [0.1, 0.15) is 36.2 Å². The molecule has 110 valence electrons. The predicted molar refractivity (Wildman–Crippen MR) is 82.8 cm³/mol. The van der Waals surface area contributed by atoms with Crippen LogP contribution in [0.25, 0.3) is 0 Å². The van der Waals surface area contributed by atoms with E-state index in [9.17, 15) is 4.79 Å². The Hall–Kier alpha value is -0.810. The number of nitrogens with one attached hydrogen (secondary N) is 1. The number of aromatic nitrogens is 1. The van der Waals surface area contributed by atoms with Crippen molar-refractivity contribution in [2.45, 2.75) is 31.7 Å².